The number of hydrogen-bond donors (Lipinski definition) is 0. The van der Waals surface area contributed by atoms with Crippen molar-refractivity contribution in [1.29, 1.82) is 0 Å². The van der Waals surface area contributed by atoms with E-state index >= 15 is 0 Å². The van der Waals surface area contributed by atoms with Crippen LogP contribution in [0.3, 0.4) is 0 Å². The number of carbonyl (C=O) groups excluding carboxylic acids is 2. The van der Waals surface area contributed by atoms with Crippen LogP contribution in [0.25, 0.3) is 0 Å². The Bertz CT molecular complexity index is 653. The molecule has 3 nitrogen and oxygen atoms in total. The summed E-state index contributed by atoms with van der Waals surface area (Å²) in [4.78, 5) is 23.7. The molecule has 0 bridgehead atoms. The Hall–Kier alpha value is -2.14. The van der Waals surface area contributed by atoms with Gasteiger partial charge in [0.25, 0.3) is 0 Å². The Morgan fingerprint density at radius 1 is 1.24 bits per heavy atom. The van der Waals surface area contributed by atoms with E-state index in [1.807, 2.05) is 18.4 Å². The minimum atomic E-state index is -0.577. The largest absolute Gasteiger partial charge is 0.485 e. The molecule has 0 saturated carbocycles. The second-order valence-corrected chi connectivity index (χ2v) is 5.16. The second kappa shape index (κ2) is 7.04. The number of aldehydes is 1. The Morgan fingerprint density at radius 3 is 2.57 bits per heavy atom. The molecule has 0 spiro atoms. The van der Waals surface area contributed by atoms with Crippen molar-refractivity contribution < 1.29 is 18.7 Å². The van der Waals surface area contributed by atoms with Gasteiger partial charge < -0.3 is 4.74 Å². The van der Waals surface area contributed by atoms with Crippen LogP contribution < -0.4 is 4.74 Å². The molecule has 0 aliphatic carbocycles. The number of thioether (sulfide) groups is 1. The molecule has 21 heavy (non-hydrogen) atoms. The zero-order valence-corrected chi connectivity index (χ0v) is 12.2. The van der Waals surface area contributed by atoms with Crippen LogP contribution in [-0.4, -0.2) is 24.9 Å². The van der Waals surface area contributed by atoms with Crippen molar-refractivity contribution in [2.45, 2.75) is 4.90 Å². The van der Waals surface area contributed by atoms with Gasteiger partial charge in [0.15, 0.2) is 12.4 Å². The third-order valence-corrected chi connectivity index (χ3v) is 3.56. The fourth-order valence-corrected chi connectivity index (χ4v) is 2.15. The van der Waals surface area contributed by atoms with Gasteiger partial charge in [0.1, 0.15) is 17.9 Å². The first-order valence-electron chi connectivity index (χ1n) is 6.18. The highest BCUT2D eigenvalue weighted by atomic mass is 32.2. The van der Waals surface area contributed by atoms with Crippen LogP contribution in [0.15, 0.2) is 47.4 Å². The molecule has 2 aromatic rings. The fraction of sp³-hybridized carbons (Fsp3) is 0.125. The molecule has 0 amide bonds. The van der Waals surface area contributed by atoms with Crippen LogP contribution in [0.4, 0.5) is 4.39 Å². The molecule has 0 N–H and O–H groups in total. The fourth-order valence-electron chi connectivity index (χ4n) is 1.74. The van der Waals surface area contributed by atoms with Crippen molar-refractivity contribution in [3.8, 4) is 5.75 Å². The maximum absolute atomic E-state index is 13.2. The summed E-state index contributed by atoms with van der Waals surface area (Å²) in [5, 5.41) is 0. The summed E-state index contributed by atoms with van der Waals surface area (Å²) in [5.41, 5.74) is 0.696. The number of carbonyl (C=O) groups is 2. The molecular weight excluding hydrogens is 291 g/mol. The Balaban J connectivity index is 2.03. The zero-order chi connectivity index (χ0) is 15.2. The van der Waals surface area contributed by atoms with Crippen molar-refractivity contribution in [2.24, 2.45) is 0 Å². The first kappa shape index (κ1) is 15.3. The summed E-state index contributed by atoms with van der Waals surface area (Å²) >= 11 is 1.59. The SMILES string of the molecule is CSc1ccc(C(=O)COc2cc(F)cc(C=O)c2)cc1. The van der Waals surface area contributed by atoms with Gasteiger partial charge in [-0.15, -0.1) is 11.8 Å². The summed E-state index contributed by atoms with van der Waals surface area (Å²) in [6.45, 7) is -0.208. The van der Waals surface area contributed by atoms with Crippen LogP contribution in [-0.2, 0) is 0 Å². The van der Waals surface area contributed by atoms with Crippen LogP contribution in [0.1, 0.15) is 20.7 Å². The summed E-state index contributed by atoms with van der Waals surface area (Å²) < 4.78 is 18.5. The van der Waals surface area contributed by atoms with Gasteiger partial charge in [-0.05, 0) is 30.5 Å². The highest BCUT2D eigenvalue weighted by Gasteiger charge is 2.08. The molecule has 5 heteroatoms. The Kier molecular flexibility index (Phi) is 5.11. The number of Topliss-reactive ketones (excluding diaryl/α,β-unsaturated/α-hetero) is 1. The summed E-state index contributed by atoms with van der Waals surface area (Å²) in [7, 11) is 0. The number of halogens is 1. The topological polar surface area (TPSA) is 43.4 Å². The van der Waals surface area contributed by atoms with E-state index in [4.69, 9.17) is 4.74 Å². The van der Waals surface area contributed by atoms with E-state index in [1.54, 1.807) is 23.9 Å². The van der Waals surface area contributed by atoms with E-state index in [0.717, 1.165) is 17.0 Å². The van der Waals surface area contributed by atoms with Gasteiger partial charge in [-0.2, -0.15) is 0 Å². The monoisotopic (exact) mass is 304 g/mol. The molecule has 0 unspecified atom stereocenters. The smallest absolute Gasteiger partial charge is 0.200 e. The molecule has 2 aromatic carbocycles. The van der Waals surface area contributed by atoms with E-state index in [1.165, 1.54) is 6.07 Å². The number of ether oxygens (including phenoxy) is 1. The lowest BCUT2D eigenvalue weighted by molar-refractivity contribution is 0.0921. The third kappa shape index (κ3) is 4.16. The number of benzene rings is 2. The third-order valence-electron chi connectivity index (χ3n) is 2.81. The maximum Gasteiger partial charge on any atom is 0.200 e. The normalized spacial score (nSPS) is 10.2. The molecular formula is C16H13FO3S. The van der Waals surface area contributed by atoms with Gasteiger partial charge >= 0.3 is 0 Å². The zero-order valence-electron chi connectivity index (χ0n) is 11.3. The van der Waals surface area contributed by atoms with Gasteiger partial charge in [0.05, 0.1) is 0 Å². The molecule has 0 fully saturated rings. The predicted molar refractivity (Wildman–Crippen MR) is 79.8 cm³/mol. The van der Waals surface area contributed by atoms with E-state index in [2.05, 4.69) is 0 Å². The van der Waals surface area contributed by atoms with Gasteiger partial charge in [-0.25, -0.2) is 4.39 Å². The molecule has 0 aliphatic heterocycles. The minimum Gasteiger partial charge on any atom is -0.485 e. The second-order valence-electron chi connectivity index (χ2n) is 4.28. The standard InChI is InChI=1S/C16H13FO3S/c1-21-15-4-2-12(3-5-15)16(19)10-20-14-7-11(9-18)6-13(17)8-14/h2-9H,10H2,1H3. The van der Waals surface area contributed by atoms with Crippen LogP contribution in [0, 0.1) is 5.82 Å². The van der Waals surface area contributed by atoms with Crippen molar-refractivity contribution in [3.05, 3.63) is 59.4 Å². The van der Waals surface area contributed by atoms with Gasteiger partial charge in [0.2, 0.25) is 0 Å². The van der Waals surface area contributed by atoms with E-state index in [0.29, 0.717) is 11.8 Å². The molecule has 0 radical (unpaired) electrons. The molecule has 0 aromatic heterocycles. The van der Waals surface area contributed by atoms with Crippen LogP contribution >= 0.6 is 11.8 Å². The molecule has 0 heterocycles. The molecule has 0 atom stereocenters. The summed E-state index contributed by atoms with van der Waals surface area (Å²) in [6, 6.07) is 10.8. The lowest BCUT2D eigenvalue weighted by atomic mass is 10.1. The minimum absolute atomic E-state index is 0.159. The molecule has 0 aliphatic rings. The van der Waals surface area contributed by atoms with Crippen LogP contribution in [0.2, 0.25) is 0 Å². The number of ketones is 1. The summed E-state index contributed by atoms with van der Waals surface area (Å²) in [6.07, 6.45) is 2.48. The first-order valence-corrected chi connectivity index (χ1v) is 7.40. The Morgan fingerprint density at radius 2 is 1.95 bits per heavy atom. The quantitative estimate of drug-likeness (QED) is 0.464. The van der Waals surface area contributed by atoms with Crippen molar-refractivity contribution in [1.82, 2.24) is 0 Å². The van der Waals surface area contributed by atoms with Gasteiger partial charge in [-0.1, -0.05) is 12.1 Å². The van der Waals surface area contributed by atoms with Crippen molar-refractivity contribution >= 4 is 23.8 Å². The van der Waals surface area contributed by atoms with Crippen molar-refractivity contribution in [2.75, 3.05) is 12.9 Å². The highest BCUT2D eigenvalue weighted by molar-refractivity contribution is 7.98. The molecule has 2 rings (SSSR count). The predicted octanol–water partition coefficient (Wildman–Crippen LogP) is 3.62. The highest BCUT2D eigenvalue weighted by Crippen LogP contribution is 2.17. The lowest BCUT2D eigenvalue weighted by Crippen LogP contribution is -2.11. The average molecular weight is 304 g/mol. The van der Waals surface area contributed by atoms with Crippen LogP contribution in [0.5, 0.6) is 5.75 Å². The Labute approximate surface area is 126 Å². The average Bonchev–Trinajstić information content (AvgIpc) is 2.52. The van der Waals surface area contributed by atoms with Crippen molar-refractivity contribution in [3.63, 3.8) is 0 Å². The maximum atomic E-state index is 13.2. The van der Waals surface area contributed by atoms with E-state index in [9.17, 15) is 14.0 Å². The van der Waals surface area contributed by atoms with Gasteiger partial charge in [-0.3, -0.25) is 9.59 Å². The van der Waals surface area contributed by atoms with Gasteiger partial charge in [0, 0.05) is 22.1 Å². The number of hydrogen-bond acceptors (Lipinski definition) is 4. The summed E-state index contributed by atoms with van der Waals surface area (Å²) in [5.74, 6) is -0.628. The number of rotatable bonds is 6. The molecule has 0 saturated heterocycles. The lowest BCUT2D eigenvalue weighted by Gasteiger charge is -2.07. The molecule has 108 valence electrons. The van der Waals surface area contributed by atoms with E-state index in [-0.39, 0.29) is 23.7 Å². The first-order chi connectivity index (χ1) is 10.1. The van der Waals surface area contributed by atoms with E-state index < -0.39 is 5.82 Å².